The number of aromatic nitrogens is 2. The summed E-state index contributed by atoms with van der Waals surface area (Å²) in [6.07, 6.45) is 3.38. The van der Waals surface area contributed by atoms with Gasteiger partial charge in [0.2, 0.25) is 0 Å². The van der Waals surface area contributed by atoms with Crippen LogP contribution in [0.2, 0.25) is 0 Å². The Hall–Kier alpha value is -1.93. The summed E-state index contributed by atoms with van der Waals surface area (Å²) in [5.41, 5.74) is 1.15. The lowest BCUT2D eigenvalue weighted by Gasteiger charge is -2.12. The van der Waals surface area contributed by atoms with Gasteiger partial charge < -0.3 is 5.32 Å². The zero-order valence-corrected chi connectivity index (χ0v) is 9.53. The first kappa shape index (κ1) is 10.6. The van der Waals surface area contributed by atoms with Crippen molar-refractivity contribution in [1.29, 1.82) is 5.26 Å². The molecular weight excluding hydrogens is 220 g/mol. The average Bonchev–Trinajstić information content (AvgIpc) is 2.83. The molecule has 0 saturated carbocycles. The molecule has 2 rings (SSSR count). The van der Waals surface area contributed by atoms with Crippen LogP contribution in [-0.4, -0.2) is 9.97 Å². The average molecular weight is 230 g/mol. The van der Waals surface area contributed by atoms with Crippen LogP contribution in [0.15, 0.2) is 29.9 Å². The molecule has 0 aliphatic heterocycles. The zero-order chi connectivity index (χ0) is 11.4. The van der Waals surface area contributed by atoms with Gasteiger partial charge in [-0.25, -0.2) is 9.97 Å². The predicted octanol–water partition coefficient (Wildman–Crippen LogP) is 2.58. The van der Waals surface area contributed by atoms with E-state index in [1.54, 1.807) is 29.8 Å². The molecule has 1 unspecified atom stereocenters. The van der Waals surface area contributed by atoms with E-state index in [1.807, 2.05) is 18.4 Å². The van der Waals surface area contributed by atoms with Gasteiger partial charge in [-0.2, -0.15) is 5.26 Å². The van der Waals surface area contributed by atoms with Crippen LogP contribution in [0.4, 0.5) is 5.69 Å². The smallest absolute Gasteiger partial charge is 0.163 e. The molecule has 0 saturated heterocycles. The Balaban J connectivity index is 2.19. The summed E-state index contributed by atoms with van der Waals surface area (Å²) in [5, 5.41) is 15.0. The van der Waals surface area contributed by atoms with Crippen LogP contribution in [0, 0.1) is 11.3 Å². The van der Waals surface area contributed by atoms with Crippen LogP contribution in [0.1, 0.15) is 23.7 Å². The van der Waals surface area contributed by atoms with Crippen LogP contribution in [0.25, 0.3) is 0 Å². The number of anilines is 1. The number of nitrogens with zero attached hydrogens (tertiary/aromatic N) is 3. The molecule has 0 radical (unpaired) electrons. The topological polar surface area (TPSA) is 61.6 Å². The Labute approximate surface area is 97.6 Å². The third-order valence-electron chi connectivity index (χ3n) is 2.11. The number of rotatable bonds is 3. The van der Waals surface area contributed by atoms with Crippen molar-refractivity contribution in [3.63, 3.8) is 0 Å². The first-order valence-electron chi connectivity index (χ1n) is 4.82. The highest BCUT2D eigenvalue weighted by molar-refractivity contribution is 7.09. The molecule has 80 valence electrons. The van der Waals surface area contributed by atoms with E-state index in [4.69, 9.17) is 5.26 Å². The van der Waals surface area contributed by atoms with Gasteiger partial charge >= 0.3 is 0 Å². The van der Waals surface area contributed by atoms with Crippen LogP contribution < -0.4 is 5.32 Å². The number of hydrogen-bond donors (Lipinski definition) is 1. The molecule has 2 aromatic heterocycles. The van der Waals surface area contributed by atoms with Crippen molar-refractivity contribution in [1.82, 2.24) is 9.97 Å². The van der Waals surface area contributed by atoms with E-state index < -0.39 is 0 Å². The van der Waals surface area contributed by atoms with Crippen molar-refractivity contribution in [2.24, 2.45) is 0 Å². The summed E-state index contributed by atoms with van der Waals surface area (Å²) < 4.78 is 0. The molecule has 1 atom stereocenters. The molecule has 0 aliphatic carbocycles. The minimum absolute atomic E-state index is 0.0799. The molecule has 4 nitrogen and oxygen atoms in total. The fourth-order valence-electron chi connectivity index (χ4n) is 1.35. The van der Waals surface area contributed by atoms with Gasteiger partial charge in [0.15, 0.2) is 5.69 Å². The second-order valence-electron chi connectivity index (χ2n) is 3.25. The van der Waals surface area contributed by atoms with E-state index in [1.165, 1.54) is 0 Å². The molecule has 0 spiro atoms. The highest BCUT2D eigenvalue weighted by Gasteiger charge is 2.10. The van der Waals surface area contributed by atoms with E-state index in [0.717, 1.165) is 10.7 Å². The standard InChI is InChI=1S/C11H10N4S/c1-8(11-14-5-6-16-11)15-9-3-2-4-13-10(9)7-12/h2-6,8,15H,1H3. The zero-order valence-electron chi connectivity index (χ0n) is 8.71. The summed E-state index contributed by atoms with van der Waals surface area (Å²) >= 11 is 1.59. The van der Waals surface area contributed by atoms with Crippen LogP contribution in [0.3, 0.4) is 0 Å². The molecule has 16 heavy (non-hydrogen) atoms. The fourth-order valence-corrected chi connectivity index (χ4v) is 2.00. The van der Waals surface area contributed by atoms with Crippen LogP contribution in [0.5, 0.6) is 0 Å². The number of thiazole rings is 1. The molecule has 0 aliphatic rings. The van der Waals surface area contributed by atoms with Gasteiger partial charge in [-0.1, -0.05) is 0 Å². The highest BCUT2D eigenvalue weighted by atomic mass is 32.1. The molecule has 1 N–H and O–H groups in total. The van der Waals surface area contributed by atoms with Gasteiger partial charge in [0.25, 0.3) is 0 Å². The summed E-state index contributed by atoms with van der Waals surface area (Å²) in [5.74, 6) is 0. The Morgan fingerprint density at radius 2 is 2.31 bits per heavy atom. The maximum absolute atomic E-state index is 8.90. The summed E-state index contributed by atoms with van der Waals surface area (Å²) in [4.78, 5) is 8.21. The van der Waals surface area contributed by atoms with E-state index in [0.29, 0.717) is 5.69 Å². The van der Waals surface area contributed by atoms with E-state index in [2.05, 4.69) is 21.4 Å². The van der Waals surface area contributed by atoms with Crippen LogP contribution in [-0.2, 0) is 0 Å². The van der Waals surface area contributed by atoms with Crippen LogP contribution >= 0.6 is 11.3 Å². The van der Waals surface area contributed by atoms with E-state index in [-0.39, 0.29) is 6.04 Å². The molecular formula is C11H10N4S. The molecule has 0 aromatic carbocycles. The van der Waals surface area contributed by atoms with Gasteiger partial charge in [-0.3, -0.25) is 0 Å². The van der Waals surface area contributed by atoms with E-state index in [9.17, 15) is 0 Å². The van der Waals surface area contributed by atoms with Crippen molar-refractivity contribution < 1.29 is 0 Å². The predicted molar refractivity (Wildman–Crippen MR) is 63.1 cm³/mol. The minimum Gasteiger partial charge on any atom is -0.374 e. The second-order valence-corrected chi connectivity index (χ2v) is 4.17. The third-order valence-corrected chi connectivity index (χ3v) is 3.07. The van der Waals surface area contributed by atoms with E-state index >= 15 is 0 Å². The normalized spacial score (nSPS) is 11.8. The molecule has 5 heteroatoms. The maximum atomic E-state index is 8.90. The second kappa shape index (κ2) is 4.73. The Morgan fingerprint density at radius 3 is 3.00 bits per heavy atom. The van der Waals surface area contributed by atoms with Gasteiger partial charge in [-0.05, 0) is 19.1 Å². The molecule has 2 aromatic rings. The number of hydrogen-bond acceptors (Lipinski definition) is 5. The van der Waals surface area contributed by atoms with Crippen molar-refractivity contribution in [2.75, 3.05) is 5.32 Å². The first-order valence-corrected chi connectivity index (χ1v) is 5.70. The fraction of sp³-hybridized carbons (Fsp3) is 0.182. The molecule has 0 amide bonds. The Kier molecular flexibility index (Phi) is 3.13. The number of nitrogens with one attached hydrogen (secondary N) is 1. The van der Waals surface area contributed by atoms with Crippen molar-refractivity contribution in [3.8, 4) is 6.07 Å². The maximum Gasteiger partial charge on any atom is 0.163 e. The highest BCUT2D eigenvalue weighted by Crippen LogP contribution is 2.21. The summed E-state index contributed by atoms with van der Waals surface area (Å²) in [6.45, 7) is 2.01. The first-order chi connectivity index (χ1) is 7.81. The Bertz CT molecular complexity index is 501. The van der Waals surface area contributed by atoms with Gasteiger partial charge in [0.05, 0.1) is 11.7 Å². The van der Waals surface area contributed by atoms with Gasteiger partial charge in [-0.15, -0.1) is 11.3 Å². The lowest BCUT2D eigenvalue weighted by Crippen LogP contribution is -2.07. The van der Waals surface area contributed by atoms with Crippen molar-refractivity contribution >= 4 is 17.0 Å². The monoisotopic (exact) mass is 230 g/mol. The largest absolute Gasteiger partial charge is 0.374 e. The van der Waals surface area contributed by atoms with Gasteiger partial charge in [0, 0.05) is 17.8 Å². The molecule has 0 fully saturated rings. The molecule has 0 bridgehead atoms. The number of nitriles is 1. The lowest BCUT2D eigenvalue weighted by molar-refractivity contribution is 0.867. The van der Waals surface area contributed by atoms with Crippen molar-refractivity contribution in [2.45, 2.75) is 13.0 Å². The molecule has 2 heterocycles. The quantitative estimate of drug-likeness (QED) is 0.880. The lowest BCUT2D eigenvalue weighted by atomic mass is 10.2. The van der Waals surface area contributed by atoms with Crippen molar-refractivity contribution in [3.05, 3.63) is 40.6 Å². The minimum atomic E-state index is 0.0799. The summed E-state index contributed by atoms with van der Waals surface area (Å²) in [7, 11) is 0. The van der Waals surface area contributed by atoms with Gasteiger partial charge in [0.1, 0.15) is 11.1 Å². The Morgan fingerprint density at radius 1 is 1.44 bits per heavy atom. The summed E-state index contributed by atoms with van der Waals surface area (Å²) in [6, 6.07) is 5.78. The third kappa shape index (κ3) is 2.18. The number of pyridine rings is 1. The SMILES string of the molecule is CC(Nc1cccnc1C#N)c1nccs1.